The van der Waals surface area contributed by atoms with Gasteiger partial charge in [-0.3, -0.25) is 0 Å². The van der Waals surface area contributed by atoms with Crippen molar-refractivity contribution in [1.82, 2.24) is 0 Å². The van der Waals surface area contributed by atoms with Gasteiger partial charge in [-0.1, -0.05) is 18.2 Å². The van der Waals surface area contributed by atoms with Crippen LogP contribution in [0.25, 0.3) is 0 Å². The third kappa shape index (κ3) is 2.26. The molecule has 1 rings (SSSR count). The van der Waals surface area contributed by atoms with Gasteiger partial charge in [-0.2, -0.15) is 0 Å². The Morgan fingerprint density at radius 3 is 2.79 bits per heavy atom. The molecule has 2 heteroatoms. The summed E-state index contributed by atoms with van der Waals surface area (Å²) in [6.45, 7) is 8.51. The van der Waals surface area contributed by atoms with Crippen LogP contribution in [0.2, 0.25) is 0 Å². The number of aryl methyl sites for hydroxylation is 1. The van der Waals surface area contributed by atoms with Crippen molar-refractivity contribution in [3.63, 3.8) is 0 Å². The summed E-state index contributed by atoms with van der Waals surface area (Å²) in [6, 6.07) is 5.91. The highest BCUT2D eigenvalue weighted by molar-refractivity contribution is 5.43. The molecule has 1 radical (unpaired) electrons. The van der Waals surface area contributed by atoms with Crippen LogP contribution in [0.3, 0.4) is 0 Å². The quantitative estimate of drug-likeness (QED) is 0.795. The van der Waals surface area contributed by atoms with Crippen LogP contribution in [-0.2, 0) is 0 Å². The van der Waals surface area contributed by atoms with Crippen LogP contribution in [0.5, 0.6) is 5.75 Å². The van der Waals surface area contributed by atoms with Crippen LogP contribution in [0.1, 0.15) is 24.0 Å². The summed E-state index contributed by atoms with van der Waals surface area (Å²) in [5.41, 5.74) is 2.07. The second-order valence-electron chi connectivity index (χ2n) is 3.31. The molecular formula is C12H17O2. The van der Waals surface area contributed by atoms with E-state index in [2.05, 4.69) is 6.92 Å². The van der Waals surface area contributed by atoms with Crippen molar-refractivity contribution in [2.75, 3.05) is 13.2 Å². The van der Waals surface area contributed by atoms with Gasteiger partial charge < -0.3 is 9.84 Å². The van der Waals surface area contributed by atoms with Crippen LogP contribution in [0.15, 0.2) is 18.2 Å². The molecule has 0 saturated heterocycles. The second kappa shape index (κ2) is 5.01. The molecule has 0 spiro atoms. The molecule has 0 aromatic heterocycles. The van der Waals surface area contributed by atoms with Crippen molar-refractivity contribution >= 4 is 0 Å². The van der Waals surface area contributed by atoms with Crippen LogP contribution in [-0.4, -0.2) is 18.3 Å². The first kappa shape index (κ1) is 11.1. The molecule has 14 heavy (non-hydrogen) atoms. The van der Waals surface area contributed by atoms with E-state index in [0.29, 0.717) is 6.61 Å². The van der Waals surface area contributed by atoms with Gasteiger partial charge in [0.15, 0.2) is 0 Å². The van der Waals surface area contributed by atoms with Crippen LogP contribution in [0, 0.1) is 13.8 Å². The van der Waals surface area contributed by atoms with E-state index in [1.807, 2.05) is 32.0 Å². The zero-order chi connectivity index (χ0) is 10.6. The monoisotopic (exact) mass is 193 g/mol. The fourth-order valence-electron chi connectivity index (χ4n) is 1.44. The van der Waals surface area contributed by atoms with Gasteiger partial charge in [-0.15, -0.1) is 0 Å². The van der Waals surface area contributed by atoms with E-state index in [4.69, 9.17) is 9.84 Å². The minimum absolute atomic E-state index is 0.0452. The number of benzene rings is 1. The largest absolute Gasteiger partial charge is 0.493 e. The molecule has 1 unspecified atom stereocenters. The maximum Gasteiger partial charge on any atom is 0.125 e. The number of aliphatic hydroxyl groups excluding tert-OH is 1. The molecule has 0 heterocycles. The fraction of sp³-hybridized carbons (Fsp3) is 0.417. The maximum absolute atomic E-state index is 9.05. The number of aliphatic hydroxyl groups is 1. The molecule has 1 aromatic rings. The lowest BCUT2D eigenvalue weighted by Gasteiger charge is -2.16. The summed E-state index contributed by atoms with van der Waals surface area (Å²) >= 11 is 0. The third-order valence-corrected chi connectivity index (χ3v) is 2.19. The van der Waals surface area contributed by atoms with E-state index in [1.54, 1.807) is 0 Å². The first-order chi connectivity index (χ1) is 6.70. The molecule has 1 N–H and O–H groups in total. The molecule has 0 amide bonds. The average Bonchev–Trinajstić information content (AvgIpc) is 2.20. The molecule has 77 valence electrons. The van der Waals surface area contributed by atoms with E-state index in [1.165, 1.54) is 0 Å². The van der Waals surface area contributed by atoms with Crippen LogP contribution < -0.4 is 4.74 Å². The normalized spacial score (nSPS) is 12.6. The fourth-order valence-corrected chi connectivity index (χ4v) is 1.44. The van der Waals surface area contributed by atoms with E-state index in [0.717, 1.165) is 16.9 Å². The van der Waals surface area contributed by atoms with Gasteiger partial charge in [-0.05, 0) is 31.9 Å². The lowest BCUT2D eigenvalue weighted by molar-refractivity contribution is 0.275. The molecule has 0 saturated carbocycles. The number of hydrogen-bond acceptors (Lipinski definition) is 2. The minimum atomic E-state index is -0.114. The first-order valence-corrected chi connectivity index (χ1v) is 4.87. The summed E-state index contributed by atoms with van der Waals surface area (Å²) in [7, 11) is 0. The Kier molecular flexibility index (Phi) is 3.96. The van der Waals surface area contributed by atoms with Gasteiger partial charge in [0.1, 0.15) is 5.75 Å². The Labute approximate surface area is 85.5 Å². The van der Waals surface area contributed by atoms with E-state index in [-0.39, 0.29) is 12.5 Å². The van der Waals surface area contributed by atoms with E-state index >= 15 is 0 Å². The van der Waals surface area contributed by atoms with Gasteiger partial charge in [-0.25, -0.2) is 0 Å². The maximum atomic E-state index is 9.05. The third-order valence-electron chi connectivity index (χ3n) is 2.19. The lowest BCUT2D eigenvalue weighted by atomic mass is 9.98. The predicted octanol–water partition coefficient (Wildman–Crippen LogP) is 2.30. The molecule has 2 nitrogen and oxygen atoms in total. The molecule has 0 bridgehead atoms. The van der Waals surface area contributed by atoms with Crippen molar-refractivity contribution in [2.24, 2.45) is 0 Å². The van der Waals surface area contributed by atoms with Crippen molar-refractivity contribution in [3.05, 3.63) is 36.2 Å². The standard InChI is InChI=1S/C12H17O2/c1-4-14-12-9(2)6-5-7-11(12)10(3)8-13/h5-7,10,13H,3-4,8H2,1-2H3. The summed E-state index contributed by atoms with van der Waals surface area (Å²) < 4.78 is 5.54. The van der Waals surface area contributed by atoms with Gasteiger partial charge in [0.05, 0.1) is 13.2 Å². The molecule has 0 aliphatic heterocycles. The highest BCUT2D eigenvalue weighted by Gasteiger charge is 2.12. The number of hydrogen-bond donors (Lipinski definition) is 1. The molecule has 1 atom stereocenters. The van der Waals surface area contributed by atoms with Gasteiger partial charge in [0, 0.05) is 5.92 Å². The minimum Gasteiger partial charge on any atom is -0.493 e. The Hall–Kier alpha value is -1.02. The van der Waals surface area contributed by atoms with Crippen molar-refractivity contribution in [2.45, 2.75) is 19.8 Å². The van der Waals surface area contributed by atoms with Gasteiger partial charge in [0.25, 0.3) is 0 Å². The average molecular weight is 193 g/mol. The number of para-hydroxylation sites is 1. The zero-order valence-electron chi connectivity index (χ0n) is 8.79. The summed E-state index contributed by atoms with van der Waals surface area (Å²) in [5, 5.41) is 9.05. The molecule has 0 aliphatic carbocycles. The highest BCUT2D eigenvalue weighted by atomic mass is 16.5. The first-order valence-electron chi connectivity index (χ1n) is 4.87. The summed E-state index contributed by atoms with van der Waals surface area (Å²) in [4.78, 5) is 0. The van der Waals surface area contributed by atoms with Crippen LogP contribution >= 0.6 is 0 Å². The Bertz CT molecular complexity index is 294. The zero-order valence-corrected chi connectivity index (χ0v) is 8.79. The molecule has 0 aliphatic rings. The molecular weight excluding hydrogens is 176 g/mol. The van der Waals surface area contributed by atoms with Crippen molar-refractivity contribution < 1.29 is 9.84 Å². The van der Waals surface area contributed by atoms with Crippen molar-refractivity contribution in [3.8, 4) is 5.75 Å². The van der Waals surface area contributed by atoms with Gasteiger partial charge >= 0.3 is 0 Å². The summed E-state index contributed by atoms with van der Waals surface area (Å²) in [6.07, 6.45) is 0. The van der Waals surface area contributed by atoms with E-state index < -0.39 is 0 Å². The predicted molar refractivity (Wildman–Crippen MR) is 57.5 cm³/mol. The van der Waals surface area contributed by atoms with E-state index in [9.17, 15) is 0 Å². The Morgan fingerprint density at radius 1 is 1.50 bits per heavy atom. The molecule has 0 fully saturated rings. The second-order valence-corrected chi connectivity index (χ2v) is 3.31. The van der Waals surface area contributed by atoms with Crippen LogP contribution in [0.4, 0.5) is 0 Å². The smallest absolute Gasteiger partial charge is 0.125 e. The lowest BCUT2D eigenvalue weighted by Crippen LogP contribution is -2.05. The van der Waals surface area contributed by atoms with Crippen molar-refractivity contribution in [1.29, 1.82) is 0 Å². The molecule has 1 aromatic carbocycles. The van der Waals surface area contributed by atoms with Gasteiger partial charge in [0.2, 0.25) is 0 Å². The number of rotatable bonds is 4. The highest BCUT2D eigenvalue weighted by Crippen LogP contribution is 2.29. The SMILES string of the molecule is [CH2]C(CO)c1cccc(C)c1OCC. The topological polar surface area (TPSA) is 29.5 Å². The number of ether oxygens (including phenoxy) is 1. The Balaban J connectivity index is 3.07. The Morgan fingerprint density at radius 2 is 2.21 bits per heavy atom. The summed E-state index contributed by atoms with van der Waals surface area (Å²) in [5.74, 6) is 0.750.